The summed E-state index contributed by atoms with van der Waals surface area (Å²) in [5.41, 5.74) is 0.143. The fraction of sp³-hybridized carbons (Fsp3) is 0.500. The number of nitro groups is 1. The highest BCUT2D eigenvalue weighted by Crippen LogP contribution is 2.29. The third-order valence-corrected chi connectivity index (χ3v) is 3.21. The SMILES string of the molecule is Cl.Cl.O=[N+]([O-])c1cccc([C@H](C(F)F)N2CCNCC2)c1. The molecule has 2 rings (SSSR count). The van der Waals surface area contributed by atoms with E-state index < -0.39 is 17.4 Å². The van der Waals surface area contributed by atoms with Crippen molar-refractivity contribution >= 4 is 30.5 Å². The minimum atomic E-state index is -2.57. The van der Waals surface area contributed by atoms with Crippen molar-refractivity contribution in [3.8, 4) is 0 Å². The highest BCUT2D eigenvalue weighted by Gasteiger charge is 2.30. The van der Waals surface area contributed by atoms with Crippen LogP contribution in [0.1, 0.15) is 11.6 Å². The van der Waals surface area contributed by atoms with Crippen LogP contribution in [0.5, 0.6) is 0 Å². The smallest absolute Gasteiger partial charge is 0.269 e. The van der Waals surface area contributed by atoms with E-state index in [0.717, 1.165) is 0 Å². The molecule has 0 aliphatic carbocycles. The van der Waals surface area contributed by atoms with Gasteiger partial charge in [-0.3, -0.25) is 15.0 Å². The van der Waals surface area contributed by atoms with E-state index >= 15 is 0 Å². The van der Waals surface area contributed by atoms with Crippen molar-refractivity contribution in [1.29, 1.82) is 0 Å². The lowest BCUT2D eigenvalue weighted by Gasteiger charge is -2.34. The molecule has 1 aliphatic heterocycles. The van der Waals surface area contributed by atoms with Crippen molar-refractivity contribution in [2.45, 2.75) is 12.5 Å². The number of piperazine rings is 1. The Morgan fingerprint density at radius 2 is 1.86 bits per heavy atom. The maximum absolute atomic E-state index is 13.3. The fourth-order valence-electron chi connectivity index (χ4n) is 2.30. The highest BCUT2D eigenvalue weighted by atomic mass is 35.5. The van der Waals surface area contributed by atoms with Gasteiger partial charge in [0.1, 0.15) is 0 Å². The molecule has 1 atom stereocenters. The van der Waals surface area contributed by atoms with E-state index in [1.165, 1.54) is 24.3 Å². The standard InChI is InChI=1S/C12H15F2N3O2.2ClH/c13-12(14)11(16-6-4-15-5-7-16)9-2-1-3-10(8-9)17(18)19;;/h1-3,8,11-12,15H,4-7H2;2*1H/t11-;;/m1../s1. The summed E-state index contributed by atoms with van der Waals surface area (Å²) in [6, 6.07) is 4.43. The quantitative estimate of drug-likeness (QED) is 0.674. The first kappa shape index (κ1) is 20.0. The summed E-state index contributed by atoms with van der Waals surface area (Å²) >= 11 is 0. The molecule has 0 spiro atoms. The molecular formula is C12H17Cl2F2N3O2. The van der Waals surface area contributed by atoms with E-state index in [1.54, 1.807) is 4.90 Å². The summed E-state index contributed by atoms with van der Waals surface area (Å²) in [6.45, 7) is 2.33. The first-order chi connectivity index (χ1) is 9.09. The summed E-state index contributed by atoms with van der Waals surface area (Å²) in [6.07, 6.45) is -2.57. The average Bonchev–Trinajstić information content (AvgIpc) is 2.40. The molecule has 0 saturated carbocycles. The Labute approximate surface area is 133 Å². The number of nitrogens with zero attached hydrogens (tertiary/aromatic N) is 2. The van der Waals surface area contributed by atoms with E-state index in [1.807, 2.05) is 0 Å². The molecule has 0 radical (unpaired) electrons. The number of alkyl halides is 2. The van der Waals surface area contributed by atoms with Crippen LogP contribution in [0, 0.1) is 10.1 Å². The second-order valence-electron chi connectivity index (χ2n) is 4.42. The van der Waals surface area contributed by atoms with Crippen LogP contribution in [0.2, 0.25) is 0 Å². The van der Waals surface area contributed by atoms with E-state index in [-0.39, 0.29) is 30.5 Å². The van der Waals surface area contributed by atoms with Crippen LogP contribution < -0.4 is 5.32 Å². The van der Waals surface area contributed by atoms with Gasteiger partial charge in [-0.15, -0.1) is 24.8 Å². The number of nitro benzene ring substituents is 1. The predicted molar refractivity (Wildman–Crippen MR) is 80.8 cm³/mol. The predicted octanol–water partition coefficient (Wildman–Crippen LogP) is 2.65. The molecule has 0 unspecified atom stereocenters. The first-order valence-electron chi connectivity index (χ1n) is 6.07. The summed E-state index contributed by atoms with van der Waals surface area (Å²) in [7, 11) is 0. The van der Waals surface area contributed by atoms with Gasteiger partial charge < -0.3 is 5.32 Å². The lowest BCUT2D eigenvalue weighted by atomic mass is 10.0. The van der Waals surface area contributed by atoms with Gasteiger partial charge in [-0.1, -0.05) is 12.1 Å². The van der Waals surface area contributed by atoms with E-state index in [4.69, 9.17) is 0 Å². The maximum Gasteiger partial charge on any atom is 0.269 e. The zero-order valence-corrected chi connectivity index (χ0v) is 12.7. The monoisotopic (exact) mass is 343 g/mol. The Bertz CT molecular complexity index is 460. The maximum atomic E-state index is 13.3. The topological polar surface area (TPSA) is 58.4 Å². The molecule has 1 saturated heterocycles. The molecular weight excluding hydrogens is 327 g/mol. The van der Waals surface area contributed by atoms with Gasteiger partial charge in [0.05, 0.1) is 11.0 Å². The third-order valence-electron chi connectivity index (χ3n) is 3.21. The van der Waals surface area contributed by atoms with Gasteiger partial charge in [-0.05, 0) is 5.56 Å². The van der Waals surface area contributed by atoms with Gasteiger partial charge in [-0.2, -0.15) is 0 Å². The molecule has 0 bridgehead atoms. The molecule has 1 fully saturated rings. The number of benzene rings is 1. The Balaban J connectivity index is 0.00000200. The van der Waals surface area contributed by atoms with Crippen LogP contribution >= 0.6 is 24.8 Å². The van der Waals surface area contributed by atoms with Gasteiger partial charge in [0, 0.05) is 38.3 Å². The van der Waals surface area contributed by atoms with Gasteiger partial charge in [0.15, 0.2) is 0 Å². The van der Waals surface area contributed by atoms with Gasteiger partial charge >= 0.3 is 0 Å². The number of nitrogens with one attached hydrogen (secondary N) is 1. The van der Waals surface area contributed by atoms with Crippen LogP contribution in [0.25, 0.3) is 0 Å². The highest BCUT2D eigenvalue weighted by molar-refractivity contribution is 5.85. The van der Waals surface area contributed by atoms with Crippen molar-refractivity contribution in [1.82, 2.24) is 10.2 Å². The van der Waals surface area contributed by atoms with Crippen molar-refractivity contribution in [2.75, 3.05) is 26.2 Å². The van der Waals surface area contributed by atoms with Crippen molar-refractivity contribution < 1.29 is 13.7 Å². The molecule has 0 aromatic heterocycles. The number of rotatable bonds is 4. The van der Waals surface area contributed by atoms with Crippen LogP contribution in [0.3, 0.4) is 0 Å². The van der Waals surface area contributed by atoms with Crippen molar-refractivity contribution in [3.63, 3.8) is 0 Å². The molecule has 1 heterocycles. The minimum absolute atomic E-state index is 0. The van der Waals surface area contributed by atoms with Crippen molar-refractivity contribution in [2.24, 2.45) is 0 Å². The second kappa shape index (κ2) is 9.09. The minimum Gasteiger partial charge on any atom is -0.314 e. The van der Waals surface area contributed by atoms with E-state index in [2.05, 4.69) is 5.32 Å². The number of non-ortho nitro benzene ring substituents is 1. The van der Waals surface area contributed by atoms with Crippen molar-refractivity contribution in [3.05, 3.63) is 39.9 Å². The van der Waals surface area contributed by atoms with Crippen LogP contribution in [0.15, 0.2) is 24.3 Å². The summed E-state index contributed by atoms with van der Waals surface area (Å²) in [5.74, 6) is 0. The van der Waals surface area contributed by atoms with Gasteiger partial charge in [0.2, 0.25) is 0 Å². The van der Waals surface area contributed by atoms with Gasteiger partial charge in [-0.25, -0.2) is 8.78 Å². The molecule has 0 amide bonds. The molecule has 1 N–H and O–H groups in total. The number of halogens is 4. The molecule has 1 aromatic rings. The van der Waals surface area contributed by atoms with Crippen LogP contribution in [-0.4, -0.2) is 42.4 Å². The lowest BCUT2D eigenvalue weighted by molar-refractivity contribution is -0.385. The molecule has 21 heavy (non-hydrogen) atoms. The third kappa shape index (κ3) is 5.03. The average molecular weight is 344 g/mol. The molecule has 1 aliphatic rings. The van der Waals surface area contributed by atoms with Gasteiger partial charge in [0.25, 0.3) is 12.1 Å². The Hall–Kier alpha value is -1.02. The largest absolute Gasteiger partial charge is 0.314 e. The second-order valence-corrected chi connectivity index (χ2v) is 4.42. The summed E-state index contributed by atoms with van der Waals surface area (Å²) in [5, 5.41) is 13.8. The molecule has 5 nitrogen and oxygen atoms in total. The molecule has 1 aromatic carbocycles. The first-order valence-corrected chi connectivity index (χ1v) is 6.07. The Kier molecular flexibility index (Phi) is 8.65. The van der Waals surface area contributed by atoms with Crippen LogP contribution in [0.4, 0.5) is 14.5 Å². The fourth-order valence-corrected chi connectivity index (χ4v) is 2.30. The Morgan fingerprint density at radius 1 is 1.24 bits per heavy atom. The van der Waals surface area contributed by atoms with E-state index in [9.17, 15) is 18.9 Å². The Morgan fingerprint density at radius 3 is 2.38 bits per heavy atom. The molecule has 9 heteroatoms. The number of hydrogen-bond acceptors (Lipinski definition) is 4. The summed E-state index contributed by atoms with van der Waals surface area (Å²) < 4.78 is 26.5. The van der Waals surface area contributed by atoms with E-state index in [0.29, 0.717) is 31.7 Å². The normalized spacial score (nSPS) is 16.7. The zero-order chi connectivity index (χ0) is 13.8. The number of hydrogen-bond donors (Lipinski definition) is 1. The lowest BCUT2D eigenvalue weighted by Crippen LogP contribution is -2.46. The zero-order valence-electron chi connectivity index (χ0n) is 11.1. The summed E-state index contributed by atoms with van der Waals surface area (Å²) in [4.78, 5) is 11.8. The van der Waals surface area contributed by atoms with Crippen LogP contribution in [-0.2, 0) is 0 Å². The molecule has 120 valence electrons.